The maximum atomic E-state index is 12.7. The molecule has 1 amide bonds. The maximum absolute atomic E-state index is 12.7. The lowest BCUT2D eigenvalue weighted by Crippen LogP contribution is -2.19. The van der Waals surface area contributed by atoms with Gasteiger partial charge in [-0.1, -0.05) is 12.1 Å². The molecule has 0 aliphatic carbocycles. The molecule has 1 fully saturated rings. The Hall–Kier alpha value is -2.44. The molecule has 134 valence electrons. The van der Waals surface area contributed by atoms with Gasteiger partial charge in [-0.15, -0.1) is 11.3 Å². The van der Waals surface area contributed by atoms with Crippen LogP contribution < -0.4 is 10.1 Å². The minimum atomic E-state index is -0.187. The first-order valence-electron chi connectivity index (χ1n) is 8.71. The second-order valence-corrected chi connectivity index (χ2v) is 7.55. The summed E-state index contributed by atoms with van der Waals surface area (Å²) in [5.41, 5.74) is 2.22. The zero-order valence-electron chi connectivity index (χ0n) is 14.5. The number of ether oxygens (including phenoxy) is 2. The smallest absolute Gasteiger partial charge is 0.259 e. The molecule has 0 saturated carbocycles. The van der Waals surface area contributed by atoms with Gasteiger partial charge in [-0.3, -0.25) is 4.79 Å². The first kappa shape index (κ1) is 17.0. The van der Waals surface area contributed by atoms with Crippen LogP contribution in [0.15, 0.2) is 42.5 Å². The molecule has 1 aliphatic rings. The number of thiazole rings is 1. The molecule has 1 atom stereocenters. The Bertz CT molecular complexity index is 932. The van der Waals surface area contributed by atoms with Crippen molar-refractivity contribution in [2.24, 2.45) is 0 Å². The average Bonchev–Trinajstić information content (AvgIpc) is 3.28. The third-order valence-electron chi connectivity index (χ3n) is 4.33. The van der Waals surface area contributed by atoms with Crippen LogP contribution in [-0.4, -0.2) is 30.2 Å². The molecular formula is C20H20N2O3S. The van der Waals surface area contributed by atoms with Gasteiger partial charge in [0.05, 0.1) is 26.9 Å². The molecule has 26 heavy (non-hydrogen) atoms. The van der Waals surface area contributed by atoms with E-state index in [4.69, 9.17) is 9.47 Å². The molecule has 1 N–H and O–H groups in total. The zero-order valence-corrected chi connectivity index (χ0v) is 15.3. The lowest BCUT2D eigenvalue weighted by Gasteiger charge is -2.14. The molecule has 0 bridgehead atoms. The summed E-state index contributed by atoms with van der Waals surface area (Å²) in [5, 5.41) is 3.97. The van der Waals surface area contributed by atoms with Crippen LogP contribution in [0.1, 0.15) is 28.2 Å². The van der Waals surface area contributed by atoms with Gasteiger partial charge in [0.2, 0.25) is 0 Å². The third kappa shape index (κ3) is 3.71. The Morgan fingerprint density at radius 3 is 3.08 bits per heavy atom. The third-order valence-corrected chi connectivity index (χ3v) is 5.27. The van der Waals surface area contributed by atoms with Crippen molar-refractivity contribution in [2.75, 3.05) is 18.5 Å². The molecular weight excluding hydrogens is 348 g/mol. The number of benzene rings is 2. The number of hydrogen-bond donors (Lipinski definition) is 1. The fourth-order valence-electron chi connectivity index (χ4n) is 3.05. The largest absolute Gasteiger partial charge is 0.490 e. The van der Waals surface area contributed by atoms with Crippen molar-refractivity contribution in [3.63, 3.8) is 0 Å². The Kier molecular flexibility index (Phi) is 4.86. The van der Waals surface area contributed by atoms with Crippen molar-refractivity contribution < 1.29 is 14.3 Å². The van der Waals surface area contributed by atoms with Gasteiger partial charge in [-0.25, -0.2) is 4.98 Å². The summed E-state index contributed by atoms with van der Waals surface area (Å²) in [6.07, 6.45) is 2.18. The highest BCUT2D eigenvalue weighted by Gasteiger charge is 2.18. The number of carbonyl (C=O) groups excluding carboxylic acids is 1. The highest BCUT2D eigenvalue weighted by molar-refractivity contribution is 7.18. The summed E-state index contributed by atoms with van der Waals surface area (Å²) in [5.74, 6) is 0.392. The number of carbonyl (C=O) groups is 1. The standard InChI is InChI=1S/C20H20N2O3S/c1-13-21-17-9-8-14(11-19(17)26-13)22-20(23)16-6-2-3-7-18(16)25-12-15-5-4-10-24-15/h2-3,6-9,11,15H,4-5,10,12H2,1H3,(H,22,23)/t15-/m1/s1. The molecule has 0 unspecified atom stereocenters. The van der Waals surface area contributed by atoms with Gasteiger partial charge in [-0.2, -0.15) is 0 Å². The van der Waals surface area contributed by atoms with Crippen molar-refractivity contribution >= 4 is 33.1 Å². The van der Waals surface area contributed by atoms with E-state index in [2.05, 4.69) is 10.3 Å². The lowest BCUT2D eigenvalue weighted by atomic mass is 10.1. The van der Waals surface area contributed by atoms with Crippen LogP contribution in [-0.2, 0) is 4.74 Å². The number of para-hydroxylation sites is 1. The molecule has 1 saturated heterocycles. The molecule has 3 aromatic rings. The molecule has 0 spiro atoms. The first-order chi connectivity index (χ1) is 12.7. The van der Waals surface area contributed by atoms with Gasteiger partial charge in [0.25, 0.3) is 5.91 Å². The van der Waals surface area contributed by atoms with Crippen LogP contribution in [0.2, 0.25) is 0 Å². The molecule has 6 heteroatoms. The van der Waals surface area contributed by atoms with Crippen LogP contribution in [0.25, 0.3) is 10.2 Å². The predicted molar refractivity (Wildman–Crippen MR) is 103 cm³/mol. The number of aryl methyl sites for hydroxylation is 1. The molecule has 2 heterocycles. The maximum Gasteiger partial charge on any atom is 0.259 e. The van der Waals surface area contributed by atoms with Gasteiger partial charge in [0, 0.05) is 12.3 Å². The quantitative estimate of drug-likeness (QED) is 0.724. The second-order valence-electron chi connectivity index (χ2n) is 6.31. The summed E-state index contributed by atoms with van der Waals surface area (Å²) >= 11 is 1.61. The Morgan fingerprint density at radius 1 is 1.35 bits per heavy atom. The minimum absolute atomic E-state index is 0.114. The van der Waals surface area contributed by atoms with Crippen LogP contribution in [0.4, 0.5) is 5.69 Å². The first-order valence-corrected chi connectivity index (χ1v) is 9.53. The van der Waals surface area contributed by atoms with Crippen molar-refractivity contribution in [3.05, 3.63) is 53.0 Å². The zero-order chi connectivity index (χ0) is 17.9. The average molecular weight is 368 g/mol. The number of amides is 1. The molecule has 4 rings (SSSR count). The van der Waals surface area contributed by atoms with E-state index in [1.807, 2.05) is 43.3 Å². The summed E-state index contributed by atoms with van der Waals surface area (Å²) in [6.45, 7) is 3.23. The number of nitrogens with one attached hydrogen (secondary N) is 1. The topological polar surface area (TPSA) is 60.5 Å². The van der Waals surface area contributed by atoms with E-state index in [1.165, 1.54) is 0 Å². The highest BCUT2D eigenvalue weighted by Crippen LogP contribution is 2.26. The summed E-state index contributed by atoms with van der Waals surface area (Å²) in [6, 6.07) is 13.0. The Morgan fingerprint density at radius 2 is 2.23 bits per heavy atom. The Labute approximate surface area is 156 Å². The number of rotatable bonds is 5. The molecule has 1 aliphatic heterocycles. The van der Waals surface area contributed by atoms with Crippen molar-refractivity contribution in [1.82, 2.24) is 4.98 Å². The van der Waals surface area contributed by atoms with E-state index >= 15 is 0 Å². The van der Waals surface area contributed by atoms with E-state index in [0.29, 0.717) is 17.9 Å². The van der Waals surface area contributed by atoms with E-state index in [9.17, 15) is 4.79 Å². The second kappa shape index (κ2) is 7.43. The monoisotopic (exact) mass is 368 g/mol. The van der Waals surface area contributed by atoms with E-state index in [0.717, 1.165) is 40.4 Å². The summed E-state index contributed by atoms with van der Waals surface area (Å²) in [4.78, 5) is 17.2. The van der Waals surface area contributed by atoms with E-state index in [1.54, 1.807) is 17.4 Å². The molecule has 5 nitrogen and oxygen atoms in total. The van der Waals surface area contributed by atoms with Crippen molar-refractivity contribution in [1.29, 1.82) is 0 Å². The molecule has 2 aromatic carbocycles. The van der Waals surface area contributed by atoms with Gasteiger partial charge >= 0.3 is 0 Å². The molecule has 1 aromatic heterocycles. The van der Waals surface area contributed by atoms with Crippen LogP contribution in [0, 0.1) is 6.92 Å². The van der Waals surface area contributed by atoms with Crippen LogP contribution in [0.3, 0.4) is 0 Å². The number of hydrogen-bond acceptors (Lipinski definition) is 5. The number of nitrogens with zero attached hydrogens (tertiary/aromatic N) is 1. The Balaban J connectivity index is 1.49. The molecule has 0 radical (unpaired) electrons. The lowest BCUT2D eigenvalue weighted by molar-refractivity contribution is 0.0673. The normalized spacial score (nSPS) is 16.7. The van der Waals surface area contributed by atoms with Gasteiger partial charge in [-0.05, 0) is 50.1 Å². The number of anilines is 1. The fourth-order valence-corrected chi connectivity index (χ4v) is 3.92. The minimum Gasteiger partial charge on any atom is -0.490 e. The number of fused-ring (bicyclic) bond motifs is 1. The predicted octanol–water partition coefficient (Wildman–Crippen LogP) is 4.41. The number of aromatic nitrogens is 1. The highest BCUT2D eigenvalue weighted by atomic mass is 32.1. The van der Waals surface area contributed by atoms with Crippen molar-refractivity contribution in [2.45, 2.75) is 25.9 Å². The summed E-state index contributed by atoms with van der Waals surface area (Å²) < 4.78 is 12.5. The fraction of sp³-hybridized carbons (Fsp3) is 0.300. The van der Waals surface area contributed by atoms with Crippen LogP contribution in [0.5, 0.6) is 5.75 Å². The van der Waals surface area contributed by atoms with E-state index in [-0.39, 0.29) is 12.0 Å². The SMILES string of the molecule is Cc1nc2ccc(NC(=O)c3ccccc3OC[C@H]3CCCO3)cc2s1. The van der Waals surface area contributed by atoms with Gasteiger partial charge in [0.1, 0.15) is 12.4 Å². The summed E-state index contributed by atoms with van der Waals surface area (Å²) in [7, 11) is 0. The van der Waals surface area contributed by atoms with Crippen LogP contribution >= 0.6 is 11.3 Å². The van der Waals surface area contributed by atoms with Gasteiger partial charge in [0.15, 0.2) is 0 Å². The van der Waals surface area contributed by atoms with Gasteiger partial charge < -0.3 is 14.8 Å². The van der Waals surface area contributed by atoms with E-state index < -0.39 is 0 Å². The van der Waals surface area contributed by atoms with Crippen molar-refractivity contribution in [3.8, 4) is 5.75 Å².